The monoisotopic (exact) mass is 534 g/mol. The quantitative estimate of drug-likeness (QED) is 0.468. The number of sulfonamides is 1. The van der Waals surface area contributed by atoms with E-state index in [1.807, 2.05) is 25.1 Å². The van der Waals surface area contributed by atoms with Gasteiger partial charge < -0.3 is 9.64 Å². The highest BCUT2D eigenvalue weighted by atomic mass is 32.2. The molecular formula is C29H31FN4O3S. The van der Waals surface area contributed by atoms with Crippen LogP contribution in [0.3, 0.4) is 0 Å². The molecular weight excluding hydrogens is 503 g/mol. The maximum Gasteiger partial charge on any atom is 0.264 e. The molecule has 7 nitrogen and oxygen atoms in total. The molecule has 3 aromatic rings. The van der Waals surface area contributed by atoms with Crippen LogP contribution in [0.25, 0.3) is 0 Å². The second-order valence-electron chi connectivity index (χ2n) is 9.87. The van der Waals surface area contributed by atoms with E-state index in [9.17, 15) is 12.8 Å². The van der Waals surface area contributed by atoms with E-state index >= 15 is 0 Å². The molecule has 3 aromatic carbocycles. The molecule has 0 amide bonds. The molecule has 1 fully saturated rings. The van der Waals surface area contributed by atoms with Gasteiger partial charge >= 0.3 is 0 Å². The van der Waals surface area contributed by atoms with Crippen molar-refractivity contribution in [2.45, 2.75) is 30.7 Å². The van der Waals surface area contributed by atoms with Crippen molar-refractivity contribution < 1.29 is 17.5 Å². The van der Waals surface area contributed by atoms with E-state index < -0.39 is 10.0 Å². The summed E-state index contributed by atoms with van der Waals surface area (Å²) in [4.78, 5) is 4.67. The van der Waals surface area contributed by atoms with Gasteiger partial charge in [0.1, 0.15) is 11.6 Å². The first-order chi connectivity index (χ1) is 18.3. The molecule has 1 unspecified atom stereocenters. The van der Waals surface area contributed by atoms with Crippen molar-refractivity contribution in [1.29, 1.82) is 5.26 Å². The van der Waals surface area contributed by atoms with Crippen LogP contribution in [0.4, 0.5) is 15.8 Å². The highest BCUT2D eigenvalue weighted by molar-refractivity contribution is 7.92. The lowest BCUT2D eigenvalue weighted by Crippen LogP contribution is -2.54. The van der Waals surface area contributed by atoms with Crippen molar-refractivity contribution in [3.8, 4) is 11.8 Å². The Morgan fingerprint density at radius 3 is 2.39 bits per heavy atom. The van der Waals surface area contributed by atoms with Gasteiger partial charge in [0.25, 0.3) is 10.0 Å². The Morgan fingerprint density at radius 1 is 1.00 bits per heavy atom. The maximum atomic E-state index is 14.0. The molecule has 0 bridgehead atoms. The van der Waals surface area contributed by atoms with Crippen molar-refractivity contribution in [2.24, 2.45) is 0 Å². The predicted molar refractivity (Wildman–Crippen MR) is 146 cm³/mol. The molecule has 5 rings (SSSR count). The van der Waals surface area contributed by atoms with Crippen LogP contribution in [0.2, 0.25) is 0 Å². The molecule has 0 N–H and O–H groups in total. The van der Waals surface area contributed by atoms with Gasteiger partial charge in [-0.05, 0) is 67.8 Å². The summed E-state index contributed by atoms with van der Waals surface area (Å²) in [6.07, 6.45) is 1.53. The summed E-state index contributed by atoms with van der Waals surface area (Å²) in [6.45, 7) is 5.59. The SMILES string of the molecule is COc1cc(F)ccc1N1CCN(CC2CCc3cc(C)ccc3N2S(=O)(=O)c2ccc(C#N)cc2)CC1. The first-order valence-corrected chi connectivity index (χ1v) is 14.2. The third-order valence-electron chi connectivity index (χ3n) is 7.41. The van der Waals surface area contributed by atoms with E-state index in [2.05, 4.69) is 15.9 Å². The van der Waals surface area contributed by atoms with Crippen LogP contribution in [-0.2, 0) is 16.4 Å². The van der Waals surface area contributed by atoms with Crippen molar-refractivity contribution in [2.75, 3.05) is 49.0 Å². The summed E-state index contributed by atoms with van der Waals surface area (Å²) in [6, 6.07) is 18.5. The number of fused-ring (bicyclic) bond motifs is 1. The summed E-state index contributed by atoms with van der Waals surface area (Å²) in [5.74, 6) is 0.179. The second kappa shape index (κ2) is 10.6. The summed E-state index contributed by atoms with van der Waals surface area (Å²) in [7, 11) is -2.30. The number of piperazine rings is 1. The van der Waals surface area contributed by atoms with E-state index in [-0.39, 0.29) is 16.8 Å². The number of hydrogen-bond donors (Lipinski definition) is 0. The van der Waals surface area contributed by atoms with Gasteiger partial charge in [0.05, 0.1) is 41.1 Å². The number of methoxy groups -OCH3 is 1. The van der Waals surface area contributed by atoms with Crippen molar-refractivity contribution >= 4 is 21.4 Å². The maximum absolute atomic E-state index is 14.0. The summed E-state index contributed by atoms with van der Waals surface area (Å²) < 4.78 is 48.6. The van der Waals surface area contributed by atoms with E-state index in [1.165, 1.54) is 24.3 Å². The molecule has 1 saturated heterocycles. The highest BCUT2D eigenvalue weighted by Gasteiger charge is 2.37. The lowest BCUT2D eigenvalue weighted by molar-refractivity contribution is 0.237. The highest BCUT2D eigenvalue weighted by Crippen LogP contribution is 2.37. The minimum absolute atomic E-state index is 0.183. The van der Waals surface area contributed by atoms with Gasteiger partial charge in [-0.2, -0.15) is 5.26 Å². The molecule has 0 spiro atoms. The summed E-state index contributed by atoms with van der Waals surface area (Å²) >= 11 is 0. The van der Waals surface area contributed by atoms with Gasteiger partial charge in [-0.25, -0.2) is 12.8 Å². The number of hydrogen-bond acceptors (Lipinski definition) is 6. The first-order valence-electron chi connectivity index (χ1n) is 12.7. The Kier molecular flexibility index (Phi) is 7.28. The van der Waals surface area contributed by atoms with Gasteiger partial charge in [-0.1, -0.05) is 17.7 Å². The van der Waals surface area contributed by atoms with E-state index in [4.69, 9.17) is 10.00 Å². The number of benzene rings is 3. The van der Waals surface area contributed by atoms with Crippen LogP contribution < -0.4 is 13.9 Å². The van der Waals surface area contributed by atoms with Crippen LogP contribution >= 0.6 is 0 Å². The number of nitriles is 1. The zero-order chi connectivity index (χ0) is 26.9. The Balaban J connectivity index is 1.38. The number of anilines is 2. The molecule has 0 aliphatic carbocycles. The topological polar surface area (TPSA) is 76.9 Å². The number of halogens is 1. The fourth-order valence-electron chi connectivity index (χ4n) is 5.45. The third-order valence-corrected chi connectivity index (χ3v) is 9.30. The van der Waals surface area contributed by atoms with Crippen molar-refractivity contribution in [3.05, 3.63) is 83.2 Å². The largest absolute Gasteiger partial charge is 0.494 e. The molecule has 0 aromatic heterocycles. The lowest BCUT2D eigenvalue weighted by Gasteiger charge is -2.43. The normalized spacial score (nSPS) is 18.1. The fraction of sp³-hybridized carbons (Fsp3) is 0.345. The minimum Gasteiger partial charge on any atom is -0.494 e. The average molecular weight is 535 g/mol. The molecule has 2 heterocycles. The first kappa shape index (κ1) is 26.0. The Labute approximate surface area is 223 Å². The molecule has 0 saturated carbocycles. The van der Waals surface area contributed by atoms with Gasteiger partial charge in [0.15, 0.2) is 0 Å². The standard InChI is InChI=1S/C29H31FN4O3S/c1-21-3-11-27-23(17-21)6-8-25(34(27)38(35,36)26-9-4-22(19-31)5-10-26)20-32-13-15-33(16-14-32)28-12-7-24(30)18-29(28)37-2/h3-5,7,9-12,17-18,25H,6,8,13-16,20H2,1-2H3. The van der Waals surface area contributed by atoms with Crippen LogP contribution in [0.1, 0.15) is 23.1 Å². The zero-order valence-electron chi connectivity index (χ0n) is 21.6. The summed E-state index contributed by atoms with van der Waals surface area (Å²) in [5.41, 5.74) is 4.15. The van der Waals surface area contributed by atoms with Gasteiger partial charge in [-0.3, -0.25) is 9.21 Å². The van der Waals surface area contributed by atoms with Gasteiger partial charge in [0, 0.05) is 38.8 Å². The molecule has 2 aliphatic heterocycles. The number of ether oxygens (including phenoxy) is 1. The van der Waals surface area contributed by atoms with E-state index in [0.717, 1.165) is 61.5 Å². The molecule has 198 valence electrons. The zero-order valence-corrected chi connectivity index (χ0v) is 22.4. The number of aryl methyl sites for hydroxylation is 2. The molecule has 0 radical (unpaired) electrons. The van der Waals surface area contributed by atoms with Crippen LogP contribution in [0, 0.1) is 24.1 Å². The molecule has 9 heteroatoms. The molecule has 1 atom stereocenters. The fourth-order valence-corrected chi connectivity index (χ4v) is 7.16. The Bertz CT molecular complexity index is 1460. The second-order valence-corrected chi connectivity index (χ2v) is 11.7. The van der Waals surface area contributed by atoms with Crippen LogP contribution in [-0.4, -0.2) is 59.2 Å². The smallest absolute Gasteiger partial charge is 0.264 e. The van der Waals surface area contributed by atoms with Crippen molar-refractivity contribution in [3.63, 3.8) is 0 Å². The van der Waals surface area contributed by atoms with Crippen LogP contribution in [0.15, 0.2) is 65.6 Å². The predicted octanol–water partition coefficient (Wildman–Crippen LogP) is 4.35. The Morgan fingerprint density at radius 2 is 1.71 bits per heavy atom. The summed E-state index contributed by atoms with van der Waals surface area (Å²) in [5, 5.41) is 9.15. The Hall–Kier alpha value is -3.61. The van der Waals surface area contributed by atoms with E-state index in [0.29, 0.717) is 17.9 Å². The average Bonchev–Trinajstić information content (AvgIpc) is 2.93. The molecule has 38 heavy (non-hydrogen) atoms. The molecule has 2 aliphatic rings. The minimum atomic E-state index is -3.85. The van der Waals surface area contributed by atoms with Crippen LogP contribution in [0.5, 0.6) is 5.75 Å². The van der Waals surface area contributed by atoms with E-state index in [1.54, 1.807) is 29.6 Å². The van der Waals surface area contributed by atoms with Crippen molar-refractivity contribution in [1.82, 2.24) is 4.90 Å². The third kappa shape index (κ3) is 5.06. The lowest BCUT2D eigenvalue weighted by atomic mass is 9.96. The van der Waals surface area contributed by atoms with Gasteiger partial charge in [0.2, 0.25) is 0 Å². The number of rotatable bonds is 6. The van der Waals surface area contributed by atoms with Gasteiger partial charge in [-0.15, -0.1) is 0 Å². The number of nitrogens with zero attached hydrogens (tertiary/aromatic N) is 4.